The molecule has 2 amide bonds. The number of hydrogen-bond acceptors (Lipinski definition) is 6. The molecule has 9 heteroatoms. The molecule has 4 N–H and O–H groups in total. The second-order valence-electron chi connectivity index (χ2n) is 13.7. The number of aliphatic hydroxyl groups is 1. The van der Waals surface area contributed by atoms with E-state index in [1.54, 1.807) is 0 Å². The number of esters is 1. The van der Waals surface area contributed by atoms with Crippen LogP contribution in [0.5, 0.6) is 0 Å². The highest BCUT2D eigenvalue weighted by atomic mass is 16.5. The van der Waals surface area contributed by atoms with E-state index < -0.39 is 24.5 Å². The van der Waals surface area contributed by atoms with Crippen LogP contribution in [0.4, 0.5) is 0 Å². The van der Waals surface area contributed by atoms with Crippen LogP contribution >= 0.6 is 0 Å². The number of amides is 2. The minimum atomic E-state index is -1.41. The van der Waals surface area contributed by atoms with Crippen LogP contribution in [0.3, 0.4) is 0 Å². The van der Waals surface area contributed by atoms with Gasteiger partial charge in [0.1, 0.15) is 12.1 Å². The van der Waals surface area contributed by atoms with Gasteiger partial charge in [0, 0.05) is 12.8 Å². The Morgan fingerprint density at radius 2 is 1.11 bits per heavy atom. The van der Waals surface area contributed by atoms with Gasteiger partial charge in [-0.15, -0.1) is 0 Å². The Labute approximate surface area is 327 Å². The molecule has 0 aliphatic heterocycles. The molecule has 2 atom stereocenters. The number of carboxylic acids is 1. The van der Waals surface area contributed by atoms with Gasteiger partial charge in [-0.1, -0.05) is 132 Å². The van der Waals surface area contributed by atoms with Crippen molar-refractivity contribution in [1.82, 2.24) is 10.6 Å². The van der Waals surface area contributed by atoms with Crippen LogP contribution in [0, 0.1) is 0 Å². The average Bonchev–Trinajstić information content (AvgIpc) is 3.15. The molecule has 0 aromatic rings. The van der Waals surface area contributed by atoms with Crippen molar-refractivity contribution in [1.29, 1.82) is 0 Å². The second-order valence-corrected chi connectivity index (χ2v) is 13.7. The summed E-state index contributed by atoms with van der Waals surface area (Å²) in [5.74, 6) is -2.52. The van der Waals surface area contributed by atoms with Crippen molar-refractivity contribution in [3.8, 4) is 0 Å². The van der Waals surface area contributed by atoms with E-state index in [1.807, 2.05) is 12.2 Å². The summed E-state index contributed by atoms with van der Waals surface area (Å²) in [6.07, 6.45) is 48.0. The van der Waals surface area contributed by atoms with Gasteiger partial charge in [-0.05, 0) is 89.5 Å². The number of carbonyl (C=O) groups is 4. The minimum Gasteiger partial charge on any atom is -0.480 e. The summed E-state index contributed by atoms with van der Waals surface area (Å²) in [5.41, 5.74) is 0. The number of nitrogens with one attached hydrogen (secondary N) is 2. The van der Waals surface area contributed by atoms with Gasteiger partial charge in [0.15, 0.2) is 0 Å². The molecule has 0 radical (unpaired) electrons. The molecule has 0 aromatic carbocycles. The molecule has 0 aliphatic rings. The normalized spacial score (nSPS) is 13.2. The van der Waals surface area contributed by atoms with Gasteiger partial charge in [-0.3, -0.25) is 14.4 Å². The van der Waals surface area contributed by atoms with Gasteiger partial charge in [0.25, 0.3) is 0 Å². The number of ether oxygens (including phenoxy) is 1. The molecular formula is C45H74N2O7. The molecule has 54 heavy (non-hydrogen) atoms. The predicted octanol–water partition coefficient (Wildman–Crippen LogP) is 9.93. The minimum absolute atomic E-state index is 0.172. The van der Waals surface area contributed by atoms with E-state index in [-0.39, 0.29) is 30.9 Å². The third-order valence-corrected chi connectivity index (χ3v) is 8.67. The third kappa shape index (κ3) is 35.3. The number of allylic oxidation sites excluding steroid dienone is 11. The molecule has 0 aliphatic carbocycles. The topological polar surface area (TPSA) is 142 Å². The molecule has 0 fully saturated rings. The molecule has 0 heterocycles. The number of aliphatic carboxylic acids is 1. The lowest BCUT2D eigenvalue weighted by Gasteiger charge is -2.15. The second kappa shape index (κ2) is 39.0. The monoisotopic (exact) mass is 755 g/mol. The van der Waals surface area contributed by atoms with Crippen LogP contribution in [0.1, 0.15) is 162 Å². The van der Waals surface area contributed by atoms with E-state index in [0.717, 1.165) is 70.6 Å². The van der Waals surface area contributed by atoms with E-state index >= 15 is 0 Å². The van der Waals surface area contributed by atoms with E-state index in [4.69, 9.17) is 14.9 Å². The van der Waals surface area contributed by atoms with Crippen molar-refractivity contribution >= 4 is 23.8 Å². The first-order chi connectivity index (χ1) is 26.3. The summed E-state index contributed by atoms with van der Waals surface area (Å²) >= 11 is 0. The lowest BCUT2D eigenvalue weighted by atomic mass is 10.1. The Morgan fingerprint density at radius 3 is 1.70 bits per heavy atom. The SMILES string of the molecule is CC/C=C\C/C=C\C/C=C\C/C=C\C(CCCCCC(=O)NCC(=O)NC(CO)C(=O)O)OC(=O)CCCCCCCCC/C=C\C/C=C\CCCCC. The van der Waals surface area contributed by atoms with Crippen LogP contribution in [-0.4, -0.2) is 59.3 Å². The Hall–Kier alpha value is -3.72. The van der Waals surface area contributed by atoms with Gasteiger partial charge >= 0.3 is 11.9 Å². The first-order valence-corrected chi connectivity index (χ1v) is 20.8. The van der Waals surface area contributed by atoms with Crippen molar-refractivity contribution in [2.24, 2.45) is 0 Å². The van der Waals surface area contributed by atoms with Crippen LogP contribution < -0.4 is 10.6 Å². The van der Waals surface area contributed by atoms with Gasteiger partial charge in [-0.25, -0.2) is 4.79 Å². The first kappa shape index (κ1) is 50.3. The van der Waals surface area contributed by atoms with Gasteiger partial charge in [0.2, 0.25) is 11.8 Å². The van der Waals surface area contributed by atoms with Crippen molar-refractivity contribution in [3.05, 3.63) is 72.9 Å². The van der Waals surface area contributed by atoms with E-state index in [9.17, 15) is 19.2 Å². The van der Waals surface area contributed by atoms with Crippen molar-refractivity contribution < 1.29 is 34.1 Å². The molecule has 0 saturated carbocycles. The Bertz CT molecular complexity index is 1140. The fourth-order valence-electron chi connectivity index (χ4n) is 5.48. The Kier molecular flexibility index (Phi) is 36.3. The summed E-state index contributed by atoms with van der Waals surface area (Å²) in [4.78, 5) is 47.6. The summed E-state index contributed by atoms with van der Waals surface area (Å²) in [6, 6.07) is -1.41. The molecule has 0 rings (SSSR count). The van der Waals surface area contributed by atoms with Crippen molar-refractivity contribution in [2.45, 2.75) is 174 Å². The molecular weight excluding hydrogens is 681 g/mol. The zero-order valence-electron chi connectivity index (χ0n) is 33.7. The molecule has 9 nitrogen and oxygen atoms in total. The van der Waals surface area contributed by atoms with E-state index in [1.165, 1.54) is 51.4 Å². The molecule has 0 bridgehead atoms. The van der Waals surface area contributed by atoms with Gasteiger partial charge in [0.05, 0.1) is 13.2 Å². The standard InChI is InChI=1S/C45H74N2O7/c1-3-5-7-9-11-13-15-16-17-18-19-20-22-24-26-28-33-37-44(51)54-40(34-30-27-25-23-21-14-12-10-8-6-4-2)35-31-29-32-36-42(49)46-38-43(50)47-41(39-48)45(52)53/h6,8,11-14,16-17,23,25,30,34,40-41,48H,3-5,7,9-10,15,18-22,24,26-29,31-33,35-39H2,1-2H3,(H,46,49)(H,47,50)(H,52,53)/b8-6-,13-11-,14-12-,17-16-,25-23-,34-30-. The van der Waals surface area contributed by atoms with Gasteiger partial charge < -0.3 is 25.6 Å². The Balaban J connectivity index is 4.46. The summed E-state index contributed by atoms with van der Waals surface area (Å²) in [5, 5.41) is 22.5. The quantitative estimate of drug-likeness (QED) is 0.0283. The number of aliphatic hydroxyl groups excluding tert-OH is 1. The lowest BCUT2D eigenvalue weighted by Crippen LogP contribution is -2.47. The zero-order chi connectivity index (χ0) is 39.7. The average molecular weight is 755 g/mol. The van der Waals surface area contributed by atoms with Crippen LogP contribution in [-0.2, 0) is 23.9 Å². The maximum absolute atomic E-state index is 12.7. The number of unbranched alkanes of at least 4 members (excludes halogenated alkanes) is 12. The Morgan fingerprint density at radius 1 is 0.593 bits per heavy atom. The number of hydrogen-bond donors (Lipinski definition) is 4. The first-order valence-electron chi connectivity index (χ1n) is 20.8. The number of carboxylic acid groups (broad SMARTS) is 1. The molecule has 0 saturated heterocycles. The molecule has 306 valence electrons. The number of rotatable bonds is 36. The molecule has 0 spiro atoms. The number of carbonyl (C=O) groups excluding carboxylic acids is 3. The van der Waals surface area contributed by atoms with Crippen molar-refractivity contribution in [3.63, 3.8) is 0 Å². The summed E-state index contributed by atoms with van der Waals surface area (Å²) in [7, 11) is 0. The fraction of sp³-hybridized carbons (Fsp3) is 0.644. The molecule has 2 unspecified atom stereocenters. The van der Waals surface area contributed by atoms with Crippen LogP contribution in [0.25, 0.3) is 0 Å². The van der Waals surface area contributed by atoms with Gasteiger partial charge in [-0.2, -0.15) is 0 Å². The zero-order valence-corrected chi connectivity index (χ0v) is 33.7. The van der Waals surface area contributed by atoms with Crippen molar-refractivity contribution in [2.75, 3.05) is 13.2 Å². The summed E-state index contributed by atoms with van der Waals surface area (Å²) in [6.45, 7) is 3.27. The highest BCUT2D eigenvalue weighted by molar-refractivity contribution is 5.87. The van der Waals surface area contributed by atoms with Crippen LogP contribution in [0.15, 0.2) is 72.9 Å². The lowest BCUT2D eigenvalue weighted by molar-refractivity contribution is -0.147. The third-order valence-electron chi connectivity index (χ3n) is 8.67. The van der Waals surface area contributed by atoms with E-state index in [0.29, 0.717) is 19.3 Å². The predicted molar refractivity (Wildman–Crippen MR) is 222 cm³/mol. The van der Waals surface area contributed by atoms with Crippen LogP contribution in [0.2, 0.25) is 0 Å². The van der Waals surface area contributed by atoms with E-state index in [2.05, 4.69) is 85.2 Å². The largest absolute Gasteiger partial charge is 0.480 e. The highest BCUT2D eigenvalue weighted by Crippen LogP contribution is 2.14. The molecule has 0 aromatic heterocycles. The fourth-order valence-corrected chi connectivity index (χ4v) is 5.48. The maximum atomic E-state index is 12.7. The smallest absolute Gasteiger partial charge is 0.328 e. The maximum Gasteiger partial charge on any atom is 0.328 e. The highest BCUT2D eigenvalue weighted by Gasteiger charge is 2.18. The summed E-state index contributed by atoms with van der Waals surface area (Å²) < 4.78 is 5.86.